The number of aromatic hydroxyl groups is 1. The quantitative estimate of drug-likeness (QED) is 0.826. The zero-order chi connectivity index (χ0) is 11.5. The fourth-order valence-corrected chi connectivity index (χ4v) is 1.60. The maximum absolute atomic E-state index is 9.11. The Balaban J connectivity index is 2.05. The molecule has 2 heterocycles. The Morgan fingerprint density at radius 3 is 2.44 bits per heavy atom. The first-order valence-corrected chi connectivity index (χ1v) is 5.19. The van der Waals surface area contributed by atoms with Crippen molar-refractivity contribution in [2.75, 3.05) is 5.43 Å². The van der Waals surface area contributed by atoms with Gasteiger partial charge in [0.05, 0.1) is 18.4 Å². The van der Waals surface area contributed by atoms with Crippen LogP contribution in [0.3, 0.4) is 0 Å². The SMILES string of the molecule is Cc1ccc(C)n1NCc1ccc(O)cn1. The Hall–Kier alpha value is -1.97. The summed E-state index contributed by atoms with van der Waals surface area (Å²) in [6.07, 6.45) is 1.45. The van der Waals surface area contributed by atoms with Crippen LogP contribution in [0.4, 0.5) is 0 Å². The molecule has 0 saturated heterocycles. The van der Waals surface area contributed by atoms with Crippen LogP contribution in [0.2, 0.25) is 0 Å². The standard InChI is InChI=1S/C12H15N3O/c1-9-3-4-10(2)15(9)14-7-11-5-6-12(16)8-13-11/h3-6,8,14,16H,7H2,1-2H3. The molecule has 2 aromatic heterocycles. The van der Waals surface area contributed by atoms with Gasteiger partial charge in [0.2, 0.25) is 0 Å². The highest BCUT2D eigenvalue weighted by atomic mass is 16.3. The minimum absolute atomic E-state index is 0.192. The van der Waals surface area contributed by atoms with Gasteiger partial charge in [0.1, 0.15) is 5.75 Å². The van der Waals surface area contributed by atoms with Crippen molar-refractivity contribution in [2.24, 2.45) is 0 Å². The van der Waals surface area contributed by atoms with E-state index < -0.39 is 0 Å². The van der Waals surface area contributed by atoms with E-state index in [4.69, 9.17) is 5.11 Å². The molecule has 0 unspecified atom stereocenters. The lowest BCUT2D eigenvalue weighted by atomic mass is 10.3. The first kappa shape index (κ1) is 10.5. The second-order valence-corrected chi connectivity index (χ2v) is 3.79. The molecule has 0 aliphatic carbocycles. The van der Waals surface area contributed by atoms with Crippen LogP contribution in [0.15, 0.2) is 30.5 Å². The summed E-state index contributed by atoms with van der Waals surface area (Å²) in [6.45, 7) is 4.73. The van der Waals surface area contributed by atoms with Crippen molar-refractivity contribution < 1.29 is 5.11 Å². The van der Waals surface area contributed by atoms with Gasteiger partial charge in [-0.05, 0) is 38.1 Å². The van der Waals surface area contributed by atoms with Gasteiger partial charge in [-0.1, -0.05) is 0 Å². The number of pyridine rings is 1. The zero-order valence-corrected chi connectivity index (χ0v) is 9.44. The Bertz CT molecular complexity index is 454. The number of hydrogen-bond acceptors (Lipinski definition) is 3. The highest BCUT2D eigenvalue weighted by Crippen LogP contribution is 2.08. The van der Waals surface area contributed by atoms with Crippen molar-refractivity contribution >= 4 is 0 Å². The number of rotatable bonds is 3. The van der Waals surface area contributed by atoms with Crippen LogP contribution < -0.4 is 5.43 Å². The van der Waals surface area contributed by atoms with Gasteiger partial charge >= 0.3 is 0 Å². The third kappa shape index (κ3) is 2.16. The molecule has 0 atom stereocenters. The number of aryl methyl sites for hydroxylation is 2. The maximum atomic E-state index is 9.11. The smallest absolute Gasteiger partial charge is 0.133 e. The highest BCUT2D eigenvalue weighted by Gasteiger charge is 2.00. The molecule has 2 rings (SSSR count). The molecule has 2 aromatic rings. The van der Waals surface area contributed by atoms with Crippen LogP contribution in [-0.4, -0.2) is 14.8 Å². The first-order chi connectivity index (χ1) is 7.66. The second-order valence-electron chi connectivity index (χ2n) is 3.79. The van der Waals surface area contributed by atoms with E-state index in [0.29, 0.717) is 6.54 Å². The van der Waals surface area contributed by atoms with E-state index in [2.05, 4.69) is 22.5 Å². The lowest BCUT2D eigenvalue weighted by Crippen LogP contribution is -2.17. The molecule has 0 aliphatic heterocycles. The molecular formula is C12H15N3O. The Morgan fingerprint density at radius 1 is 1.19 bits per heavy atom. The largest absolute Gasteiger partial charge is 0.506 e. The van der Waals surface area contributed by atoms with Crippen molar-refractivity contribution in [1.82, 2.24) is 9.66 Å². The number of nitrogens with one attached hydrogen (secondary N) is 1. The van der Waals surface area contributed by atoms with Crippen LogP contribution in [0, 0.1) is 13.8 Å². The average Bonchev–Trinajstić information content (AvgIpc) is 2.59. The molecular weight excluding hydrogens is 202 g/mol. The van der Waals surface area contributed by atoms with Crippen molar-refractivity contribution in [2.45, 2.75) is 20.4 Å². The summed E-state index contributed by atoms with van der Waals surface area (Å²) in [5.74, 6) is 0.192. The summed E-state index contributed by atoms with van der Waals surface area (Å²) in [4.78, 5) is 4.11. The van der Waals surface area contributed by atoms with E-state index in [0.717, 1.165) is 17.1 Å². The molecule has 4 nitrogen and oxygen atoms in total. The van der Waals surface area contributed by atoms with Gasteiger partial charge in [-0.3, -0.25) is 9.66 Å². The number of hydrogen-bond donors (Lipinski definition) is 2. The molecule has 0 aromatic carbocycles. The van der Waals surface area contributed by atoms with Gasteiger partial charge in [0.15, 0.2) is 0 Å². The van der Waals surface area contributed by atoms with Crippen LogP contribution >= 0.6 is 0 Å². The number of nitrogens with zero attached hydrogens (tertiary/aromatic N) is 2. The fraction of sp³-hybridized carbons (Fsp3) is 0.250. The molecule has 2 N–H and O–H groups in total. The molecule has 0 radical (unpaired) electrons. The van der Waals surface area contributed by atoms with Crippen LogP contribution in [-0.2, 0) is 6.54 Å². The normalized spacial score (nSPS) is 10.4. The molecule has 84 valence electrons. The van der Waals surface area contributed by atoms with Crippen LogP contribution in [0.5, 0.6) is 5.75 Å². The van der Waals surface area contributed by atoms with Gasteiger partial charge in [-0.25, -0.2) is 0 Å². The molecule has 0 spiro atoms. The third-order valence-corrected chi connectivity index (χ3v) is 2.50. The van der Waals surface area contributed by atoms with Gasteiger partial charge < -0.3 is 10.5 Å². The Labute approximate surface area is 94.5 Å². The van der Waals surface area contributed by atoms with E-state index >= 15 is 0 Å². The van der Waals surface area contributed by atoms with Gasteiger partial charge in [-0.15, -0.1) is 0 Å². The van der Waals surface area contributed by atoms with E-state index in [-0.39, 0.29) is 5.75 Å². The third-order valence-electron chi connectivity index (χ3n) is 2.50. The molecule has 0 bridgehead atoms. The zero-order valence-electron chi connectivity index (χ0n) is 9.44. The molecule has 4 heteroatoms. The van der Waals surface area contributed by atoms with Gasteiger partial charge in [-0.2, -0.15) is 0 Å². The average molecular weight is 217 g/mol. The van der Waals surface area contributed by atoms with E-state index in [1.165, 1.54) is 6.20 Å². The van der Waals surface area contributed by atoms with Crippen molar-refractivity contribution in [3.63, 3.8) is 0 Å². The lowest BCUT2D eigenvalue weighted by Gasteiger charge is -2.12. The minimum atomic E-state index is 0.192. The molecule has 16 heavy (non-hydrogen) atoms. The Morgan fingerprint density at radius 2 is 1.88 bits per heavy atom. The van der Waals surface area contributed by atoms with Crippen molar-refractivity contribution in [3.05, 3.63) is 47.5 Å². The second kappa shape index (κ2) is 4.26. The monoisotopic (exact) mass is 217 g/mol. The summed E-state index contributed by atoms with van der Waals surface area (Å²) in [7, 11) is 0. The van der Waals surface area contributed by atoms with Gasteiger partial charge in [0, 0.05) is 11.4 Å². The summed E-state index contributed by atoms with van der Waals surface area (Å²) in [5.41, 5.74) is 6.49. The molecule has 0 saturated carbocycles. The lowest BCUT2D eigenvalue weighted by molar-refractivity contribution is 0.472. The first-order valence-electron chi connectivity index (χ1n) is 5.19. The van der Waals surface area contributed by atoms with Crippen molar-refractivity contribution in [3.8, 4) is 5.75 Å². The maximum Gasteiger partial charge on any atom is 0.133 e. The van der Waals surface area contributed by atoms with Crippen molar-refractivity contribution in [1.29, 1.82) is 0 Å². The van der Waals surface area contributed by atoms with Gasteiger partial charge in [0.25, 0.3) is 0 Å². The topological polar surface area (TPSA) is 50.1 Å². The Kier molecular flexibility index (Phi) is 2.81. The fourth-order valence-electron chi connectivity index (χ4n) is 1.60. The van der Waals surface area contributed by atoms with Crippen LogP contribution in [0.1, 0.15) is 17.1 Å². The summed E-state index contributed by atoms with van der Waals surface area (Å²) in [5, 5.41) is 9.11. The summed E-state index contributed by atoms with van der Waals surface area (Å²) < 4.78 is 2.02. The predicted molar refractivity (Wildman–Crippen MR) is 62.9 cm³/mol. The van der Waals surface area contributed by atoms with Crippen LogP contribution in [0.25, 0.3) is 0 Å². The van der Waals surface area contributed by atoms with E-state index in [1.807, 2.05) is 18.5 Å². The van der Waals surface area contributed by atoms with E-state index in [1.54, 1.807) is 12.1 Å². The minimum Gasteiger partial charge on any atom is -0.506 e. The predicted octanol–water partition coefficient (Wildman–Crippen LogP) is 1.95. The summed E-state index contributed by atoms with van der Waals surface area (Å²) >= 11 is 0. The molecule has 0 fully saturated rings. The molecule has 0 amide bonds. The number of aromatic nitrogens is 2. The molecule has 0 aliphatic rings. The summed E-state index contributed by atoms with van der Waals surface area (Å²) in [6, 6.07) is 7.56. The van der Waals surface area contributed by atoms with E-state index in [9.17, 15) is 0 Å². The highest BCUT2D eigenvalue weighted by molar-refractivity contribution is 5.20.